The minimum absolute atomic E-state index is 0.851. The van der Waals surface area contributed by atoms with E-state index in [2.05, 4.69) is 53.0 Å². The molecule has 3 rings (SSSR count). The minimum atomic E-state index is 0.851. The van der Waals surface area contributed by atoms with Gasteiger partial charge in [-0.05, 0) is 63.5 Å². The summed E-state index contributed by atoms with van der Waals surface area (Å²) in [4.78, 5) is 7.33. The second-order valence-corrected chi connectivity index (χ2v) is 6.18. The molecule has 0 spiro atoms. The van der Waals surface area contributed by atoms with Gasteiger partial charge < -0.3 is 9.72 Å². The Hall–Kier alpha value is -1.39. The maximum Gasteiger partial charge on any atom is 0.139 e. The fourth-order valence-corrected chi connectivity index (χ4v) is 3.21. The van der Waals surface area contributed by atoms with E-state index < -0.39 is 0 Å². The zero-order valence-electron chi connectivity index (χ0n) is 13.2. The first kappa shape index (κ1) is 14.5. The molecule has 0 saturated carbocycles. The van der Waals surface area contributed by atoms with Crippen molar-refractivity contribution in [2.45, 2.75) is 33.2 Å². The molecule has 4 heteroatoms. The molecule has 114 valence electrons. The number of aromatic nitrogens is 2. The molecule has 4 nitrogen and oxygen atoms in total. The van der Waals surface area contributed by atoms with E-state index >= 15 is 0 Å². The Kier molecular flexibility index (Phi) is 4.56. The van der Waals surface area contributed by atoms with Crippen LogP contribution < -0.4 is 5.32 Å². The topological polar surface area (TPSA) is 32.6 Å². The number of hydrogen-bond acceptors (Lipinski definition) is 3. The highest BCUT2D eigenvalue weighted by atomic mass is 15.1. The number of aryl methyl sites for hydroxylation is 1. The third kappa shape index (κ3) is 3.44. The number of nitrogens with one attached hydrogen (secondary N) is 1. The summed E-state index contributed by atoms with van der Waals surface area (Å²) in [5.41, 5.74) is 3.53. The highest BCUT2D eigenvalue weighted by molar-refractivity contribution is 5.47. The van der Waals surface area contributed by atoms with Crippen molar-refractivity contribution < 1.29 is 0 Å². The van der Waals surface area contributed by atoms with Crippen LogP contribution in [-0.2, 0) is 6.54 Å². The van der Waals surface area contributed by atoms with Crippen LogP contribution >= 0.6 is 0 Å². The first-order valence-corrected chi connectivity index (χ1v) is 8.12. The summed E-state index contributed by atoms with van der Waals surface area (Å²) < 4.78 is 2.14. The molecule has 2 aromatic heterocycles. The fourth-order valence-electron chi connectivity index (χ4n) is 3.21. The van der Waals surface area contributed by atoms with Gasteiger partial charge >= 0.3 is 0 Å². The lowest BCUT2D eigenvalue weighted by molar-refractivity contribution is 0.174. The average molecular weight is 286 g/mol. The summed E-state index contributed by atoms with van der Waals surface area (Å²) in [6, 6.07) is 4.21. The molecule has 0 radical (unpaired) electrons. The zero-order chi connectivity index (χ0) is 14.7. The van der Waals surface area contributed by atoms with Crippen molar-refractivity contribution in [3.8, 4) is 0 Å². The van der Waals surface area contributed by atoms with Crippen molar-refractivity contribution in [3.05, 3.63) is 35.8 Å². The van der Waals surface area contributed by atoms with Gasteiger partial charge in [-0.25, -0.2) is 4.98 Å². The lowest BCUT2D eigenvalue weighted by Crippen LogP contribution is -2.36. The standard InChI is InChI=1S/C17H26N4/c1-3-18-11-15-6-9-20(10-7-15)12-16-13-21-8-4-5-14(2)17(21)19-16/h4-5,8,13,15,18H,3,6-7,9-12H2,1-2H3. The molecule has 1 saturated heterocycles. The molecule has 1 N–H and O–H groups in total. The molecule has 0 atom stereocenters. The van der Waals surface area contributed by atoms with Crippen molar-refractivity contribution in [1.29, 1.82) is 0 Å². The number of likely N-dealkylation sites (tertiary alicyclic amines) is 1. The van der Waals surface area contributed by atoms with Gasteiger partial charge in [-0.2, -0.15) is 0 Å². The molecule has 1 fully saturated rings. The van der Waals surface area contributed by atoms with Crippen LogP contribution in [0.25, 0.3) is 5.65 Å². The largest absolute Gasteiger partial charge is 0.317 e. The summed E-state index contributed by atoms with van der Waals surface area (Å²) in [6.07, 6.45) is 6.87. The Labute approximate surface area is 127 Å². The Bertz CT molecular complexity index is 581. The molecule has 21 heavy (non-hydrogen) atoms. The van der Waals surface area contributed by atoms with Gasteiger partial charge in [0.15, 0.2) is 0 Å². The number of pyridine rings is 1. The Balaban J connectivity index is 1.58. The van der Waals surface area contributed by atoms with Gasteiger partial charge in [0, 0.05) is 18.9 Å². The van der Waals surface area contributed by atoms with E-state index in [0.29, 0.717) is 0 Å². The van der Waals surface area contributed by atoms with Gasteiger partial charge in [0.2, 0.25) is 0 Å². The lowest BCUT2D eigenvalue weighted by Gasteiger charge is -2.31. The lowest BCUT2D eigenvalue weighted by atomic mass is 9.97. The van der Waals surface area contributed by atoms with Gasteiger partial charge in [0.05, 0.1) is 5.69 Å². The molecule has 3 heterocycles. The van der Waals surface area contributed by atoms with Crippen molar-refractivity contribution in [2.24, 2.45) is 5.92 Å². The van der Waals surface area contributed by atoms with Crippen LogP contribution in [0.5, 0.6) is 0 Å². The quantitative estimate of drug-likeness (QED) is 0.916. The first-order valence-electron chi connectivity index (χ1n) is 8.12. The van der Waals surface area contributed by atoms with E-state index in [1.807, 2.05) is 0 Å². The minimum Gasteiger partial charge on any atom is -0.317 e. The molecule has 2 aromatic rings. The van der Waals surface area contributed by atoms with E-state index in [9.17, 15) is 0 Å². The van der Waals surface area contributed by atoms with Gasteiger partial charge in [-0.15, -0.1) is 0 Å². The summed E-state index contributed by atoms with van der Waals surface area (Å²) in [7, 11) is 0. The van der Waals surface area contributed by atoms with Crippen LogP contribution in [-0.4, -0.2) is 40.5 Å². The molecule has 1 aliphatic rings. The van der Waals surface area contributed by atoms with E-state index in [-0.39, 0.29) is 0 Å². The number of imidazole rings is 1. The van der Waals surface area contributed by atoms with Gasteiger partial charge in [0.25, 0.3) is 0 Å². The maximum atomic E-state index is 4.78. The van der Waals surface area contributed by atoms with E-state index in [1.165, 1.54) is 43.7 Å². The normalized spacial score (nSPS) is 17.6. The predicted octanol–water partition coefficient (Wildman–Crippen LogP) is 2.46. The molecule has 0 bridgehead atoms. The van der Waals surface area contributed by atoms with Gasteiger partial charge in [0.1, 0.15) is 5.65 Å². The van der Waals surface area contributed by atoms with Crippen LogP contribution in [0.2, 0.25) is 0 Å². The summed E-state index contributed by atoms with van der Waals surface area (Å²) >= 11 is 0. The number of rotatable bonds is 5. The highest BCUT2D eigenvalue weighted by Crippen LogP contribution is 2.19. The molecular formula is C17H26N4. The second-order valence-electron chi connectivity index (χ2n) is 6.18. The van der Waals surface area contributed by atoms with E-state index in [1.54, 1.807) is 0 Å². The molecule has 0 aliphatic carbocycles. The number of hydrogen-bond donors (Lipinski definition) is 1. The van der Waals surface area contributed by atoms with Crippen LogP contribution in [0.4, 0.5) is 0 Å². The summed E-state index contributed by atoms with van der Waals surface area (Å²) in [5.74, 6) is 0.851. The highest BCUT2D eigenvalue weighted by Gasteiger charge is 2.19. The first-order chi connectivity index (χ1) is 10.3. The number of piperidine rings is 1. The van der Waals surface area contributed by atoms with Crippen molar-refractivity contribution in [2.75, 3.05) is 26.2 Å². The van der Waals surface area contributed by atoms with Crippen molar-refractivity contribution in [3.63, 3.8) is 0 Å². The maximum absolute atomic E-state index is 4.78. The average Bonchev–Trinajstić information content (AvgIpc) is 2.91. The molecule has 0 amide bonds. The fraction of sp³-hybridized carbons (Fsp3) is 0.588. The third-order valence-corrected chi connectivity index (χ3v) is 4.50. The summed E-state index contributed by atoms with van der Waals surface area (Å²) in [5, 5.41) is 3.47. The van der Waals surface area contributed by atoms with Gasteiger partial charge in [-0.3, -0.25) is 4.90 Å². The van der Waals surface area contributed by atoms with Gasteiger partial charge in [-0.1, -0.05) is 13.0 Å². The van der Waals surface area contributed by atoms with Crippen LogP contribution in [0.3, 0.4) is 0 Å². The van der Waals surface area contributed by atoms with Crippen LogP contribution in [0.1, 0.15) is 31.0 Å². The Morgan fingerprint density at radius 2 is 2.14 bits per heavy atom. The molecular weight excluding hydrogens is 260 g/mol. The van der Waals surface area contributed by atoms with Crippen molar-refractivity contribution >= 4 is 5.65 Å². The van der Waals surface area contributed by atoms with E-state index in [0.717, 1.165) is 24.7 Å². The smallest absolute Gasteiger partial charge is 0.139 e. The van der Waals surface area contributed by atoms with E-state index in [4.69, 9.17) is 4.98 Å². The number of fused-ring (bicyclic) bond motifs is 1. The van der Waals surface area contributed by atoms with Crippen molar-refractivity contribution in [1.82, 2.24) is 19.6 Å². The molecule has 1 aliphatic heterocycles. The van der Waals surface area contributed by atoms with Crippen LogP contribution in [0, 0.1) is 12.8 Å². The monoisotopic (exact) mass is 286 g/mol. The Morgan fingerprint density at radius 1 is 1.33 bits per heavy atom. The molecule has 0 unspecified atom stereocenters. The third-order valence-electron chi connectivity index (χ3n) is 4.50. The second kappa shape index (κ2) is 6.58. The van der Waals surface area contributed by atoms with Crippen LogP contribution in [0.15, 0.2) is 24.5 Å². The summed E-state index contributed by atoms with van der Waals surface area (Å²) in [6.45, 7) is 9.94. The molecule has 0 aromatic carbocycles. The Morgan fingerprint density at radius 3 is 2.86 bits per heavy atom. The SMILES string of the molecule is CCNCC1CCN(Cc2cn3cccc(C)c3n2)CC1. The predicted molar refractivity (Wildman–Crippen MR) is 86.5 cm³/mol. The number of nitrogens with zero attached hydrogens (tertiary/aromatic N) is 3. The zero-order valence-corrected chi connectivity index (χ0v) is 13.2.